The summed E-state index contributed by atoms with van der Waals surface area (Å²) in [6.45, 7) is 2.27. The van der Waals surface area contributed by atoms with Crippen LogP contribution in [0.3, 0.4) is 0 Å². The molecule has 1 atom stereocenters. The molecule has 32 heavy (non-hydrogen) atoms. The van der Waals surface area contributed by atoms with E-state index in [0.29, 0.717) is 6.42 Å². The van der Waals surface area contributed by atoms with Crippen LogP contribution in [0, 0.1) is 5.92 Å². The predicted molar refractivity (Wildman–Crippen MR) is 140 cm³/mol. The van der Waals surface area contributed by atoms with Gasteiger partial charge in [0.2, 0.25) is 0 Å². The number of hydrogen-bond acceptors (Lipinski definition) is 4. The Bertz CT molecular complexity index is 719. The number of carbonyl (C=O) groups is 2. The number of thiophene rings is 2. The van der Waals surface area contributed by atoms with Crippen molar-refractivity contribution in [1.82, 2.24) is 0 Å². The molecule has 0 saturated carbocycles. The van der Waals surface area contributed by atoms with E-state index in [2.05, 4.69) is 6.92 Å². The molecule has 0 aliphatic carbocycles. The third-order valence-electron chi connectivity index (χ3n) is 6.27. The van der Waals surface area contributed by atoms with Crippen LogP contribution in [0.15, 0.2) is 35.0 Å². The average molecular weight is 475 g/mol. The van der Waals surface area contributed by atoms with E-state index in [1.807, 2.05) is 35.0 Å². The molecule has 2 rings (SSSR count). The summed E-state index contributed by atoms with van der Waals surface area (Å²) in [5, 5.41) is 3.87. The fourth-order valence-corrected chi connectivity index (χ4v) is 5.71. The van der Waals surface area contributed by atoms with Crippen molar-refractivity contribution in [3.8, 4) is 0 Å². The number of hydrogen-bond donors (Lipinski definition) is 0. The highest BCUT2D eigenvalue weighted by atomic mass is 32.1. The highest BCUT2D eigenvalue weighted by Crippen LogP contribution is 2.25. The molecule has 0 N–H and O–H groups in total. The van der Waals surface area contributed by atoms with Gasteiger partial charge in [0.1, 0.15) is 0 Å². The zero-order valence-corrected chi connectivity index (χ0v) is 21.6. The van der Waals surface area contributed by atoms with Gasteiger partial charge in [0.05, 0.1) is 9.75 Å². The Kier molecular flexibility index (Phi) is 14.5. The van der Waals surface area contributed by atoms with Crippen LogP contribution in [-0.4, -0.2) is 11.6 Å². The quantitative estimate of drug-likeness (QED) is 0.141. The second-order valence-electron chi connectivity index (χ2n) is 9.03. The van der Waals surface area contributed by atoms with Gasteiger partial charge in [-0.15, -0.1) is 22.7 Å². The summed E-state index contributed by atoms with van der Waals surface area (Å²) in [6.07, 6.45) is 19.8. The molecule has 0 amide bonds. The van der Waals surface area contributed by atoms with E-state index in [1.165, 1.54) is 106 Å². The van der Waals surface area contributed by atoms with Crippen LogP contribution < -0.4 is 0 Å². The Morgan fingerprint density at radius 1 is 0.688 bits per heavy atom. The Hall–Kier alpha value is -1.26. The maximum absolute atomic E-state index is 12.9. The van der Waals surface area contributed by atoms with Gasteiger partial charge in [-0.1, -0.05) is 109 Å². The van der Waals surface area contributed by atoms with Gasteiger partial charge in [0.15, 0.2) is 11.6 Å². The summed E-state index contributed by atoms with van der Waals surface area (Å²) >= 11 is 2.96. The molecular formula is C28H42O2S2. The first-order valence-electron chi connectivity index (χ1n) is 12.9. The summed E-state index contributed by atoms with van der Waals surface area (Å²) < 4.78 is 0. The fraction of sp³-hybridized carbons (Fsp3) is 0.643. The third kappa shape index (κ3) is 11.0. The molecule has 0 bridgehead atoms. The fourth-order valence-electron chi connectivity index (χ4n) is 4.29. The van der Waals surface area contributed by atoms with E-state index in [0.717, 1.165) is 22.6 Å². The molecule has 0 fully saturated rings. The van der Waals surface area contributed by atoms with Crippen molar-refractivity contribution in [1.29, 1.82) is 0 Å². The summed E-state index contributed by atoms with van der Waals surface area (Å²) in [5.41, 5.74) is 0. The minimum absolute atomic E-state index is 0.111. The summed E-state index contributed by atoms with van der Waals surface area (Å²) in [5.74, 6) is 0.0837. The van der Waals surface area contributed by atoms with E-state index >= 15 is 0 Å². The van der Waals surface area contributed by atoms with Crippen molar-refractivity contribution in [2.75, 3.05) is 0 Å². The van der Waals surface area contributed by atoms with Crippen molar-refractivity contribution < 1.29 is 9.59 Å². The van der Waals surface area contributed by atoms with Gasteiger partial charge in [0.25, 0.3) is 0 Å². The molecular weight excluding hydrogens is 432 g/mol. The minimum Gasteiger partial charge on any atom is -0.293 e. The molecule has 2 aromatic heterocycles. The smallest absolute Gasteiger partial charge is 0.176 e. The van der Waals surface area contributed by atoms with Crippen molar-refractivity contribution in [3.05, 3.63) is 44.8 Å². The lowest BCUT2D eigenvalue weighted by atomic mass is 9.90. The zero-order chi connectivity index (χ0) is 22.9. The van der Waals surface area contributed by atoms with E-state index in [1.54, 1.807) is 0 Å². The molecule has 0 saturated heterocycles. The molecule has 0 aliphatic heterocycles. The lowest BCUT2D eigenvalue weighted by molar-refractivity contribution is 0.0847. The van der Waals surface area contributed by atoms with Crippen molar-refractivity contribution in [3.63, 3.8) is 0 Å². The molecule has 2 aromatic rings. The van der Waals surface area contributed by atoms with Gasteiger partial charge in [-0.25, -0.2) is 0 Å². The predicted octanol–water partition coefficient (Wildman–Crippen LogP) is 9.75. The largest absolute Gasteiger partial charge is 0.293 e. The van der Waals surface area contributed by atoms with E-state index in [4.69, 9.17) is 0 Å². The van der Waals surface area contributed by atoms with Gasteiger partial charge < -0.3 is 0 Å². The number of rotatable bonds is 20. The van der Waals surface area contributed by atoms with Crippen LogP contribution >= 0.6 is 22.7 Å². The molecule has 0 aliphatic rings. The van der Waals surface area contributed by atoms with Gasteiger partial charge in [-0.3, -0.25) is 9.59 Å². The SMILES string of the molecule is CCCCCCCCCCCCCCCCC(CC(=O)c1cccs1)C(=O)c1cccs1. The first kappa shape index (κ1) is 27.0. The molecule has 2 nitrogen and oxygen atoms in total. The van der Waals surface area contributed by atoms with E-state index in [-0.39, 0.29) is 17.5 Å². The van der Waals surface area contributed by atoms with Crippen LogP contribution in [0.1, 0.15) is 129 Å². The van der Waals surface area contributed by atoms with Crippen molar-refractivity contribution >= 4 is 34.2 Å². The Morgan fingerprint density at radius 3 is 1.62 bits per heavy atom. The Balaban J connectivity index is 1.57. The van der Waals surface area contributed by atoms with Gasteiger partial charge >= 0.3 is 0 Å². The summed E-state index contributed by atoms with van der Waals surface area (Å²) in [6, 6.07) is 7.58. The summed E-state index contributed by atoms with van der Waals surface area (Å²) in [7, 11) is 0. The maximum Gasteiger partial charge on any atom is 0.176 e. The number of carbonyl (C=O) groups excluding carboxylic acids is 2. The number of Topliss-reactive ketones (excluding diaryl/α,β-unsaturated/α-hetero) is 2. The molecule has 178 valence electrons. The number of ketones is 2. The molecule has 2 heterocycles. The highest BCUT2D eigenvalue weighted by molar-refractivity contribution is 7.12. The zero-order valence-electron chi connectivity index (χ0n) is 20.0. The van der Waals surface area contributed by atoms with Gasteiger partial charge in [0, 0.05) is 12.3 Å². The Labute approximate surface area is 203 Å². The maximum atomic E-state index is 12.9. The topological polar surface area (TPSA) is 34.1 Å². The summed E-state index contributed by atoms with van der Waals surface area (Å²) in [4.78, 5) is 27.1. The van der Waals surface area contributed by atoms with Crippen LogP contribution in [0.5, 0.6) is 0 Å². The van der Waals surface area contributed by atoms with Crippen LogP contribution in [-0.2, 0) is 0 Å². The molecule has 0 radical (unpaired) electrons. The highest BCUT2D eigenvalue weighted by Gasteiger charge is 2.24. The molecule has 0 aromatic carbocycles. The number of unbranched alkanes of at least 4 members (excludes halogenated alkanes) is 13. The van der Waals surface area contributed by atoms with E-state index < -0.39 is 0 Å². The standard InChI is InChI=1S/C28H42O2S2/c1-2-3-4-5-6-7-8-9-10-11-12-13-14-15-18-24(28(30)27-20-17-22-32-27)23-25(29)26-19-16-21-31-26/h16-17,19-22,24H,2-15,18,23H2,1H3. The lowest BCUT2D eigenvalue weighted by Gasteiger charge is -2.14. The minimum atomic E-state index is -0.180. The molecule has 4 heteroatoms. The molecule has 1 unspecified atom stereocenters. The first-order valence-corrected chi connectivity index (χ1v) is 14.6. The van der Waals surface area contributed by atoms with Crippen molar-refractivity contribution in [2.45, 2.75) is 110 Å². The van der Waals surface area contributed by atoms with Crippen LogP contribution in [0.4, 0.5) is 0 Å². The first-order chi connectivity index (χ1) is 15.7. The van der Waals surface area contributed by atoms with E-state index in [9.17, 15) is 9.59 Å². The third-order valence-corrected chi connectivity index (χ3v) is 8.06. The van der Waals surface area contributed by atoms with Crippen LogP contribution in [0.2, 0.25) is 0 Å². The normalized spacial score (nSPS) is 12.2. The average Bonchev–Trinajstić information content (AvgIpc) is 3.52. The Morgan fingerprint density at radius 2 is 1.16 bits per heavy atom. The second kappa shape index (κ2) is 17.2. The van der Waals surface area contributed by atoms with Gasteiger partial charge in [-0.05, 0) is 29.3 Å². The lowest BCUT2D eigenvalue weighted by Crippen LogP contribution is -2.18. The van der Waals surface area contributed by atoms with Crippen LogP contribution in [0.25, 0.3) is 0 Å². The monoisotopic (exact) mass is 474 g/mol. The van der Waals surface area contributed by atoms with Crippen molar-refractivity contribution in [2.24, 2.45) is 5.92 Å². The molecule has 0 spiro atoms. The van der Waals surface area contributed by atoms with Gasteiger partial charge in [-0.2, -0.15) is 0 Å². The second-order valence-corrected chi connectivity index (χ2v) is 10.9.